The van der Waals surface area contributed by atoms with Gasteiger partial charge in [-0.05, 0) is 48.9 Å². The van der Waals surface area contributed by atoms with E-state index in [1.165, 1.54) is 27.4 Å². The highest BCUT2D eigenvalue weighted by Crippen LogP contribution is 2.43. The maximum atomic E-state index is 13.1. The van der Waals surface area contributed by atoms with Crippen molar-refractivity contribution in [1.29, 1.82) is 0 Å². The zero-order valence-corrected chi connectivity index (χ0v) is 20.2. The average molecular weight is 511 g/mol. The number of nitrogens with zero attached hydrogens (tertiary/aromatic N) is 4. The molecule has 2 aliphatic heterocycles. The molecular formula is C20H21ClN5O3S3-. The first-order chi connectivity index (χ1) is 15.5. The Morgan fingerprint density at radius 1 is 1.31 bits per heavy atom. The van der Waals surface area contributed by atoms with Crippen LogP contribution in [0.25, 0.3) is 0 Å². The van der Waals surface area contributed by atoms with Crippen molar-refractivity contribution < 1.29 is 13.6 Å². The summed E-state index contributed by atoms with van der Waals surface area (Å²) in [6.07, 6.45) is 3.69. The molecule has 5 heterocycles. The Kier molecular flexibility index (Phi) is 6.46. The molecule has 1 N–H and O–H groups in total. The van der Waals surface area contributed by atoms with Gasteiger partial charge in [0, 0.05) is 34.3 Å². The fourth-order valence-corrected chi connectivity index (χ4v) is 7.00. The smallest absolute Gasteiger partial charge is 0.299 e. The van der Waals surface area contributed by atoms with Gasteiger partial charge in [0.25, 0.3) is 5.91 Å². The predicted molar refractivity (Wildman–Crippen MR) is 125 cm³/mol. The topological polar surface area (TPSA) is 103 Å². The van der Waals surface area contributed by atoms with Gasteiger partial charge in [0.1, 0.15) is 11.5 Å². The normalized spacial score (nSPS) is 24.0. The van der Waals surface area contributed by atoms with E-state index >= 15 is 0 Å². The van der Waals surface area contributed by atoms with Crippen molar-refractivity contribution in [2.24, 2.45) is 0 Å². The lowest BCUT2D eigenvalue weighted by atomic mass is 9.88. The summed E-state index contributed by atoms with van der Waals surface area (Å²) in [5.41, 5.74) is 2.85. The van der Waals surface area contributed by atoms with Gasteiger partial charge in [-0.15, -0.1) is 22.7 Å². The minimum Gasteiger partial charge on any atom is -0.771 e. The maximum Gasteiger partial charge on any atom is 0.299 e. The Hall–Kier alpha value is -1.63. The van der Waals surface area contributed by atoms with E-state index in [9.17, 15) is 13.6 Å². The quantitative estimate of drug-likeness (QED) is 0.481. The van der Waals surface area contributed by atoms with Gasteiger partial charge < -0.3 is 9.87 Å². The van der Waals surface area contributed by atoms with Crippen LogP contribution in [0.2, 0.25) is 4.34 Å². The first-order valence-electron chi connectivity index (χ1n) is 10.3. The Bertz CT molecular complexity index is 1120. The molecule has 170 valence electrons. The van der Waals surface area contributed by atoms with Crippen LogP contribution in [0.5, 0.6) is 0 Å². The summed E-state index contributed by atoms with van der Waals surface area (Å²) >= 11 is 6.82. The summed E-state index contributed by atoms with van der Waals surface area (Å²) in [6.45, 7) is 0.534. The number of thiophene rings is 1. The number of hydrogen-bond donors (Lipinski definition) is 1. The van der Waals surface area contributed by atoms with Crippen molar-refractivity contribution in [3.05, 3.63) is 49.7 Å². The molecule has 8 nitrogen and oxygen atoms in total. The zero-order valence-electron chi connectivity index (χ0n) is 17.0. The van der Waals surface area contributed by atoms with E-state index in [4.69, 9.17) is 16.7 Å². The van der Waals surface area contributed by atoms with Crippen LogP contribution >= 0.6 is 34.3 Å². The third kappa shape index (κ3) is 4.55. The summed E-state index contributed by atoms with van der Waals surface area (Å²) in [7, 11) is 0. The number of rotatable bonds is 7. The van der Waals surface area contributed by atoms with Crippen molar-refractivity contribution in [2.45, 2.75) is 50.2 Å². The van der Waals surface area contributed by atoms with Gasteiger partial charge >= 0.3 is 0 Å². The maximum absolute atomic E-state index is 13.1. The van der Waals surface area contributed by atoms with Gasteiger partial charge in [-0.3, -0.25) is 13.9 Å². The highest BCUT2D eigenvalue weighted by atomic mass is 35.5. The number of halogens is 1. The summed E-state index contributed by atoms with van der Waals surface area (Å²) < 4.78 is 24.6. The third-order valence-electron chi connectivity index (χ3n) is 6.20. The largest absolute Gasteiger partial charge is 0.771 e. The number of fused-ring (bicyclic) bond motifs is 2. The third-order valence-corrected chi connectivity index (χ3v) is 8.53. The van der Waals surface area contributed by atoms with Crippen molar-refractivity contribution in [3.63, 3.8) is 0 Å². The average Bonchev–Trinajstić information content (AvgIpc) is 3.54. The number of carbonyl (C=O) groups excluding carboxylic acids is 1. The molecule has 3 aromatic rings. The first-order valence-corrected chi connectivity index (χ1v) is 13.7. The van der Waals surface area contributed by atoms with E-state index < -0.39 is 11.1 Å². The summed E-state index contributed by atoms with van der Waals surface area (Å²) in [6, 6.07) is 6.23. The Morgan fingerprint density at radius 3 is 2.72 bits per heavy atom. The van der Waals surface area contributed by atoms with Gasteiger partial charge in [0.05, 0.1) is 28.0 Å². The van der Waals surface area contributed by atoms with Crippen LogP contribution in [-0.4, -0.2) is 52.3 Å². The predicted octanol–water partition coefficient (Wildman–Crippen LogP) is 3.90. The molecule has 2 fully saturated rings. The molecular weight excluding hydrogens is 490 g/mol. The number of aromatic nitrogens is 3. The molecule has 3 aromatic heterocycles. The lowest BCUT2D eigenvalue weighted by Crippen LogP contribution is -2.43. The number of anilines is 1. The molecule has 3 unspecified atom stereocenters. The minimum absolute atomic E-state index is 0.0922. The molecule has 5 rings (SSSR count). The fraction of sp³-hybridized carbons (Fsp3) is 0.450. The van der Waals surface area contributed by atoms with Crippen LogP contribution in [-0.2, 0) is 17.6 Å². The van der Waals surface area contributed by atoms with Crippen LogP contribution in [0.3, 0.4) is 0 Å². The molecule has 32 heavy (non-hydrogen) atoms. The number of nitrogens with one attached hydrogen (secondary N) is 1. The fourth-order valence-electron chi connectivity index (χ4n) is 4.78. The van der Waals surface area contributed by atoms with Crippen molar-refractivity contribution in [2.75, 3.05) is 11.2 Å². The van der Waals surface area contributed by atoms with Crippen molar-refractivity contribution in [1.82, 2.24) is 19.7 Å². The van der Waals surface area contributed by atoms with E-state index in [-0.39, 0.29) is 29.8 Å². The van der Waals surface area contributed by atoms with Crippen LogP contribution in [0, 0.1) is 0 Å². The van der Waals surface area contributed by atoms with E-state index in [0.29, 0.717) is 18.1 Å². The first kappa shape index (κ1) is 22.2. The van der Waals surface area contributed by atoms with Gasteiger partial charge in [-0.25, -0.2) is 4.98 Å². The molecule has 0 aliphatic carbocycles. The van der Waals surface area contributed by atoms with Crippen molar-refractivity contribution in [3.8, 4) is 0 Å². The molecule has 0 spiro atoms. The molecule has 2 saturated heterocycles. The monoisotopic (exact) mass is 510 g/mol. The summed E-state index contributed by atoms with van der Waals surface area (Å²) in [5, 5.41) is 9.75. The molecule has 0 amide bonds. The van der Waals surface area contributed by atoms with Crippen LogP contribution in [0.4, 0.5) is 5.82 Å². The molecule has 0 radical (unpaired) electrons. The highest BCUT2D eigenvalue weighted by molar-refractivity contribution is 7.79. The van der Waals surface area contributed by atoms with Gasteiger partial charge in [0.15, 0.2) is 0 Å². The van der Waals surface area contributed by atoms with Gasteiger partial charge in [0.2, 0.25) is 0 Å². The second kappa shape index (κ2) is 9.32. The van der Waals surface area contributed by atoms with Crippen molar-refractivity contribution >= 4 is 57.1 Å². The highest BCUT2D eigenvalue weighted by Gasteiger charge is 2.42. The Morgan fingerprint density at radius 2 is 2.09 bits per heavy atom. The van der Waals surface area contributed by atoms with Crippen LogP contribution < -0.4 is 5.32 Å². The van der Waals surface area contributed by atoms with Gasteiger partial charge in [-0.2, -0.15) is 9.78 Å². The molecule has 3 atom stereocenters. The molecule has 2 aliphatic rings. The standard InChI is InChI=1S/C20H22ClN5O3S3/c21-18-4-3-15(31-18)8-22-19-7-16(24-26(19)20(27)17-9-30-10-23-17)12-5-13-1-2-14(6-12)25(13)11-32(28)29/h3-4,7,9-10,12-14,22H,1-2,5-6,8,11H2,(H,28,29)/p-1. The number of hydrogen-bond acceptors (Lipinski definition) is 9. The lowest BCUT2D eigenvalue weighted by molar-refractivity contribution is 0.0941. The van der Waals surface area contributed by atoms with Crippen LogP contribution in [0.1, 0.15) is 52.7 Å². The van der Waals surface area contributed by atoms with Gasteiger partial charge in [-0.1, -0.05) is 11.6 Å². The van der Waals surface area contributed by atoms with Crippen LogP contribution in [0.15, 0.2) is 29.1 Å². The zero-order chi connectivity index (χ0) is 22.2. The molecule has 12 heteroatoms. The Labute approximate surface area is 200 Å². The SMILES string of the molecule is O=C(c1cscn1)n1nc(C2CC3CCC(C2)N3CS(=O)[O-])cc1NCc1ccc(Cl)s1. The number of carbonyl (C=O) groups is 1. The lowest BCUT2D eigenvalue weighted by Gasteiger charge is -2.38. The minimum atomic E-state index is -2.08. The summed E-state index contributed by atoms with van der Waals surface area (Å²) in [4.78, 5) is 20.4. The van der Waals surface area contributed by atoms with E-state index in [2.05, 4.69) is 15.2 Å². The Balaban J connectivity index is 1.39. The van der Waals surface area contributed by atoms with E-state index in [1.807, 2.05) is 18.2 Å². The second-order valence-corrected chi connectivity index (χ2v) is 11.5. The number of piperidine rings is 1. The van der Waals surface area contributed by atoms with E-state index in [0.717, 1.165) is 40.6 Å². The van der Waals surface area contributed by atoms with E-state index in [1.54, 1.807) is 10.9 Å². The second-order valence-electron chi connectivity index (χ2n) is 8.10. The number of thiazole rings is 1. The molecule has 0 aromatic carbocycles. The summed E-state index contributed by atoms with van der Waals surface area (Å²) in [5.74, 6) is 0.629. The molecule has 0 saturated carbocycles. The molecule has 2 bridgehead atoms.